The highest BCUT2D eigenvalue weighted by molar-refractivity contribution is 7.98. The number of anilines is 1. The van der Waals surface area contributed by atoms with Crippen LogP contribution in [0, 0.1) is 6.92 Å². The molecule has 0 radical (unpaired) electrons. The van der Waals surface area contributed by atoms with Crippen molar-refractivity contribution in [2.75, 3.05) is 11.6 Å². The highest BCUT2D eigenvalue weighted by Crippen LogP contribution is 2.20. The van der Waals surface area contributed by atoms with E-state index in [9.17, 15) is 4.79 Å². The average molecular weight is 286 g/mol. The summed E-state index contributed by atoms with van der Waals surface area (Å²) >= 11 is 1.63. The lowest BCUT2D eigenvalue weighted by atomic mass is 10.1. The van der Waals surface area contributed by atoms with Crippen LogP contribution in [0.4, 0.5) is 5.69 Å². The van der Waals surface area contributed by atoms with Crippen LogP contribution >= 0.6 is 11.8 Å². The molecule has 20 heavy (non-hydrogen) atoms. The lowest BCUT2D eigenvalue weighted by Crippen LogP contribution is -2.27. The number of amides is 1. The van der Waals surface area contributed by atoms with Gasteiger partial charge in [-0.25, -0.2) is 0 Å². The second kappa shape index (κ2) is 6.59. The van der Waals surface area contributed by atoms with Gasteiger partial charge < -0.3 is 11.1 Å². The van der Waals surface area contributed by atoms with E-state index in [2.05, 4.69) is 5.32 Å². The Morgan fingerprint density at radius 1 is 1.20 bits per heavy atom. The van der Waals surface area contributed by atoms with Gasteiger partial charge in [0.1, 0.15) is 6.04 Å². The van der Waals surface area contributed by atoms with Crippen molar-refractivity contribution in [3.63, 3.8) is 0 Å². The number of thioether (sulfide) groups is 1. The molecule has 2 rings (SSSR count). The number of nitrogens with one attached hydrogen (secondary N) is 1. The molecule has 1 atom stereocenters. The molecule has 0 bridgehead atoms. The first-order valence-electron chi connectivity index (χ1n) is 6.37. The van der Waals surface area contributed by atoms with Gasteiger partial charge in [-0.3, -0.25) is 4.79 Å². The number of benzene rings is 2. The minimum Gasteiger partial charge on any atom is -0.324 e. The van der Waals surface area contributed by atoms with Crippen molar-refractivity contribution in [1.29, 1.82) is 0 Å². The highest BCUT2D eigenvalue weighted by atomic mass is 32.2. The zero-order chi connectivity index (χ0) is 14.5. The summed E-state index contributed by atoms with van der Waals surface area (Å²) in [5.41, 5.74) is 8.72. The predicted octanol–water partition coefficient (Wildman–Crippen LogP) is 3.36. The molecule has 2 aromatic rings. The largest absolute Gasteiger partial charge is 0.324 e. The van der Waals surface area contributed by atoms with Gasteiger partial charge in [0.15, 0.2) is 0 Å². The van der Waals surface area contributed by atoms with E-state index in [0.29, 0.717) is 0 Å². The Bertz CT molecular complexity index is 596. The third kappa shape index (κ3) is 3.62. The molecule has 0 aromatic heterocycles. The molecule has 0 spiro atoms. The van der Waals surface area contributed by atoms with Gasteiger partial charge in [0.2, 0.25) is 5.91 Å². The van der Waals surface area contributed by atoms with Gasteiger partial charge in [0.05, 0.1) is 0 Å². The lowest BCUT2D eigenvalue weighted by Gasteiger charge is -2.13. The molecular formula is C16H18N2OS. The van der Waals surface area contributed by atoms with Gasteiger partial charge in [-0.05, 0) is 36.9 Å². The monoisotopic (exact) mass is 286 g/mol. The van der Waals surface area contributed by atoms with Crippen molar-refractivity contribution in [2.24, 2.45) is 5.73 Å². The molecule has 104 valence electrons. The van der Waals surface area contributed by atoms with E-state index in [0.717, 1.165) is 21.7 Å². The number of nitrogens with two attached hydrogens (primary N) is 1. The fourth-order valence-electron chi connectivity index (χ4n) is 1.85. The van der Waals surface area contributed by atoms with Crippen LogP contribution in [-0.4, -0.2) is 12.2 Å². The molecule has 0 saturated carbocycles. The zero-order valence-electron chi connectivity index (χ0n) is 11.6. The molecule has 0 saturated heterocycles. The molecule has 3 N–H and O–H groups in total. The summed E-state index contributed by atoms with van der Waals surface area (Å²) in [6, 6.07) is 14.7. The van der Waals surface area contributed by atoms with Crippen LogP contribution in [0.25, 0.3) is 0 Å². The van der Waals surface area contributed by atoms with Gasteiger partial charge >= 0.3 is 0 Å². The van der Waals surface area contributed by atoms with Crippen LogP contribution in [0.1, 0.15) is 17.2 Å². The topological polar surface area (TPSA) is 55.1 Å². The van der Waals surface area contributed by atoms with Crippen molar-refractivity contribution < 1.29 is 4.79 Å². The number of hydrogen-bond acceptors (Lipinski definition) is 3. The summed E-state index contributed by atoms with van der Waals surface area (Å²) < 4.78 is 0. The van der Waals surface area contributed by atoms with E-state index in [-0.39, 0.29) is 5.91 Å². The Hall–Kier alpha value is -1.78. The number of aryl methyl sites for hydroxylation is 1. The van der Waals surface area contributed by atoms with Crippen LogP contribution in [0.3, 0.4) is 0 Å². The van der Waals surface area contributed by atoms with Crippen LogP contribution in [0.5, 0.6) is 0 Å². The first kappa shape index (κ1) is 14.6. The van der Waals surface area contributed by atoms with Crippen molar-refractivity contribution >= 4 is 23.4 Å². The van der Waals surface area contributed by atoms with E-state index in [4.69, 9.17) is 5.73 Å². The summed E-state index contributed by atoms with van der Waals surface area (Å²) in [5.74, 6) is -0.202. The van der Waals surface area contributed by atoms with E-state index < -0.39 is 6.04 Å². The van der Waals surface area contributed by atoms with Crippen molar-refractivity contribution in [3.05, 3.63) is 59.7 Å². The third-order valence-electron chi connectivity index (χ3n) is 3.06. The number of carbonyl (C=O) groups excluding carboxylic acids is 1. The molecule has 2 aromatic carbocycles. The number of hydrogen-bond donors (Lipinski definition) is 2. The molecule has 0 aliphatic rings. The Morgan fingerprint density at radius 2 is 1.90 bits per heavy atom. The molecule has 1 unspecified atom stereocenters. The highest BCUT2D eigenvalue weighted by Gasteiger charge is 2.15. The summed E-state index contributed by atoms with van der Waals surface area (Å²) in [5, 5.41) is 2.85. The minimum atomic E-state index is -0.659. The Morgan fingerprint density at radius 3 is 2.55 bits per heavy atom. The Labute approximate surface area is 123 Å². The second-order valence-electron chi connectivity index (χ2n) is 4.61. The summed E-state index contributed by atoms with van der Waals surface area (Å²) in [6.45, 7) is 2.00. The van der Waals surface area contributed by atoms with Gasteiger partial charge in [-0.1, -0.05) is 35.9 Å². The molecule has 4 heteroatoms. The first-order chi connectivity index (χ1) is 9.60. The molecule has 1 amide bonds. The van der Waals surface area contributed by atoms with Crippen molar-refractivity contribution in [1.82, 2.24) is 0 Å². The third-order valence-corrected chi connectivity index (χ3v) is 3.78. The van der Waals surface area contributed by atoms with Crippen molar-refractivity contribution in [3.8, 4) is 0 Å². The summed E-state index contributed by atoms with van der Waals surface area (Å²) in [4.78, 5) is 13.3. The molecular weight excluding hydrogens is 268 g/mol. The Kier molecular flexibility index (Phi) is 4.82. The molecule has 0 aliphatic carbocycles. The van der Waals surface area contributed by atoms with Crippen LogP contribution in [-0.2, 0) is 4.79 Å². The fourth-order valence-corrected chi connectivity index (χ4v) is 2.31. The van der Waals surface area contributed by atoms with Crippen LogP contribution in [0.15, 0.2) is 53.4 Å². The number of rotatable bonds is 4. The maximum atomic E-state index is 12.2. The van der Waals surface area contributed by atoms with Gasteiger partial charge in [-0.15, -0.1) is 11.8 Å². The van der Waals surface area contributed by atoms with E-state index >= 15 is 0 Å². The maximum Gasteiger partial charge on any atom is 0.245 e. The fraction of sp³-hybridized carbons (Fsp3) is 0.188. The van der Waals surface area contributed by atoms with Crippen LogP contribution in [0.2, 0.25) is 0 Å². The summed E-state index contributed by atoms with van der Waals surface area (Å²) in [6.07, 6.45) is 2.00. The van der Waals surface area contributed by atoms with Gasteiger partial charge in [0, 0.05) is 10.6 Å². The lowest BCUT2D eigenvalue weighted by molar-refractivity contribution is -0.117. The minimum absolute atomic E-state index is 0.202. The molecule has 3 nitrogen and oxygen atoms in total. The number of carbonyl (C=O) groups is 1. The van der Waals surface area contributed by atoms with Crippen LogP contribution < -0.4 is 11.1 Å². The molecule has 0 aliphatic heterocycles. The second-order valence-corrected chi connectivity index (χ2v) is 5.49. The van der Waals surface area contributed by atoms with E-state index in [1.54, 1.807) is 11.8 Å². The molecule has 0 fully saturated rings. The SMILES string of the molecule is CSc1cccc(NC(=O)C(N)c2ccc(C)cc2)c1. The average Bonchev–Trinajstić information content (AvgIpc) is 2.47. The normalized spacial score (nSPS) is 11.9. The predicted molar refractivity (Wildman–Crippen MR) is 85.0 cm³/mol. The Balaban J connectivity index is 2.09. The smallest absolute Gasteiger partial charge is 0.245 e. The standard InChI is InChI=1S/C16H18N2OS/c1-11-6-8-12(9-7-11)15(17)16(19)18-13-4-3-5-14(10-13)20-2/h3-10,15H,17H2,1-2H3,(H,18,19). The van der Waals surface area contributed by atoms with Gasteiger partial charge in [0.25, 0.3) is 0 Å². The first-order valence-corrected chi connectivity index (χ1v) is 7.59. The zero-order valence-corrected chi connectivity index (χ0v) is 12.4. The van der Waals surface area contributed by atoms with Gasteiger partial charge in [-0.2, -0.15) is 0 Å². The van der Waals surface area contributed by atoms with Crippen molar-refractivity contribution in [2.45, 2.75) is 17.9 Å². The van der Waals surface area contributed by atoms with E-state index in [1.165, 1.54) is 0 Å². The molecule has 0 heterocycles. The summed E-state index contributed by atoms with van der Waals surface area (Å²) in [7, 11) is 0. The quantitative estimate of drug-likeness (QED) is 0.847. The van der Waals surface area contributed by atoms with E-state index in [1.807, 2.05) is 61.7 Å². The maximum absolute atomic E-state index is 12.2.